The van der Waals surface area contributed by atoms with Crippen molar-refractivity contribution < 1.29 is 0 Å². The van der Waals surface area contributed by atoms with Crippen LogP contribution in [-0.4, -0.2) is 4.37 Å². The van der Waals surface area contributed by atoms with Gasteiger partial charge in [0.05, 0.1) is 5.69 Å². The normalized spacial score (nSPS) is 10.6. The fourth-order valence-corrected chi connectivity index (χ4v) is 0.983. The van der Waals surface area contributed by atoms with Crippen molar-refractivity contribution in [1.82, 2.24) is 4.37 Å². The number of rotatable bonds is 1. The molecule has 0 aliphatic rings. The smallest absolute Gasteiger partial charge is 0.0765 e. The quantitative estimate of drug-likeness (QED) is 0.560. The van der Waals surface area contributed by atoms with Gasteiger partial charge in [0, 0.05) is 5.38 Å². The van der Waals surface area contributed by atoms with Crippen LogP contribution < -0.4 is 0 Å². The summed E-state index contributed by atoms with van der Waals surface area (Å²) < 4.78 is 4.06. The van der Waals surface area contributed by atoms with Gasteiger partial charge in [0.25, 0.3) is 0 Å². The summed E-state index contributed by atoms with van der Waals surface area (Å²) in [6.07, 6.45) is 3.96. The Hall–Kier alpha value is -0.630. The maximum absolute atomic E-state index is 4.06. The minimum absolute atomic E-state index is 1.05. The molecule has 1 aromatic rings. The Morgan fingerprint density at radius 1 is 1.75 bits per heavy atom. The van der Waals surface area contributed by atoms with Gasteiger partial charge in [-0.3, -0.25) is 0 Å². The SMILES string of the molecule is CC=Cc1ccsn1. The fraction of sp³-hybridized carbons (Fsp3) is 0.167. The Morgan fingerprint density at radius 3 is 3.12 bits per heavy atom. The van der Waals surface area contributed by atoms with Gasteiger partial charge < -0.3 is 0 Å². The second kappa shape index (κ2) is 2.62. The van der Waals surface area contributed by atoms with Crippen LogP contribution in [0.4, 0.5) is 0 Å². The average Bonchev–Trinajstić information content (AvgIpc) is 2.19. The third kappa shape index (κ3) is 1.17. The van der Waals surface area contributed by atoms with Crippen molar-refractivity contribution >= 4 is 17.6 Å². The molecule has 0 unspecified atom stereocenters. The van der Waals surface area contributed by atoms with Crippen LogP contribution in [0.5, 0.6) is 0 Å². The molecular formula is C6H7NS. The topological polar surface area (TPSA) is 12.9 Å². The first-order valence-electron chi connectivity index (χ1n) is 2.46. The van der Waals surface area contributed by atoms with Gasteiger partial charge in [-0.2, -0.15) is 4.37 Å². The van der Waals surface area contributed by atoms with E-state index in [-0.39, 0.29) is 0 Å². The van der Waals surface area contributed by atoms with Gasteiger partial charge in [-0.1, -0.05) is 6.08 Å². The first-order valence-corrected chi connectivity index (χ1v) is 3.30. The van der Waals surface area contributed by atoms with E-state index in [4.69, 9.17) is 0 Å². The summed E-state index contributed by atoms with van der Waals surface area (Å²) >= 11 is 1.48. The molecule has 0 aliphatic heterocycles. The molecule has 0 N–H and O–H groups in total. The Labute approximate surface area is 52.8 Å². The highest BCUT2D eigenvalue weighted by Gasteiger charge is 1.82. The Kier molecular flexibility index (Phi) is 1.80. The zero-order valence-electron chi connectivity index (χ0n) is 4.66. The van der Waals surface area contributed by atoms with E-state index in [1.54, 1.807) is 0 Å². The van der Waals surface area contributed by atoms with Crippen LogP contribution in [0.1, 0.15) is 12.6 Å². The van der Waals surface area contributed by atoms with Crippen molar-refractivity contribution in [2.45, 2.75) is 6.92 Å². The van der Waals surface area contributed by atoms with Crippen LogP contribution in [-0.2, 0) is 0 Å². The zero-order valence-corrected chi connectivity index (χ0v) is 5.48. The first-order chi connectivity index (χ1) is 3.93. The summed E-state index contributed by atoms with van der Waals surface area (Å²) in [6.45, 7) is 1.99. The highest BCUT2D eigenvalue weighted by Crippen LogP contribution is 2.00. The number of hydrogen-bond acceptors (Lipinski definition) is 2. The molecule has 0 aliphatic carbocycles. The van der Waals surface area contributed by atoms with Crippen molar-refractivity contribution in [3.63, 3.8) is 0 Å². The van der Waals surface area contributed by atoms with Gasteiger partial charge in [0.2, 0.25) is 0 Å². The molecular weight excluding hydrogens is 118 g/mol. The maximum Gasteiger partial charge on any atom is 0.0765 e. The van der Waals surface area contributed by atoms with Crippen molar-refractivity contribution in [3.05, 3.63) is 23.2 Å². The highest BCUT2D eigenvalue weighted by molar-refractivity contribution is 7.03. The molecule has 1 heterocycles. The number of aromatic nitrogens is 1. The average molecular weight is 125 g/mol. The Morgan fingerprint density at radius 2 is 2.62 bits per heavy atom. The molecule has 1 nitrogen and oxygen atoms in total. The molecule has 0 aromatic carbocycles. The molecule has 2 heteroatoms. The van der Waals surface area contributed by atoms with E-state index in [1.165, 1.54) is 11.5 Å². The first kappa shape index (κ1) is 5.51. The minimum atomic E-state index is 1.05. The molecule has 0 saturated heterocycles. The molecule has 0 spiro atoms. The van der Waals surface area contributed by atoms with E-state index in [2.05, 4.69) is 4.37 Å². The largest absolute Gasteiger partial charge is 0.193 e. The second-order valence-corrected chi connectivity index (χ2v) is 2.09. The van der Waals surface area contributed by atoms with Gasteiger partial charge >= 0.3 is 0 Å². The molecule has 0 radical (unpaired) electrons. The van der Waals surface area contributed by atoms with Crippen LogP contribution in [0.15, 0.2) is 17.5 Å². The summed E-state index contributed by atoms with van der Waals surface area (Å²) in [5.74, 6) is 0. The molecule has 42 valence electrons. The van der Waals surface area contributed by atoms with Crippen molar-refractivity contribution in [2.24, 2.45) is 0 Å². The standard InChI is InChI=1S/C6H7NS/c1-2-3-6-4-5-8-7-6/h2-5H,1H3. The molecule has 8 heavy (non-hydrogen) atoms. The van der Waals surface area contributed by atoms with E-state index in [1.807, 2.05) is 30.5 Å². The second-order valence-electron chi connectivity index (χ2n) is 1.42. The summed E-state index contributed by atoms with van der Waals surface area (Å²) in [7, 11) is 0. The van der Waals surface area contributed by atoms with Crippen LogP contribution in [0.3, 0.4) is 0 Å². The number of hydrogen-bond donors (Lipinski definition) is 0. The van der Waals surface area contributed by atoms with E-state index < -0.39 is 0 Å². The Bertz CT molecular complexity index is 165. The van der Waals surface area contributed by atoms with Crippen molar-refractivity contribution in [2.75, 3.05) is 0 Å². The predicted molar refractivity (Wildman–Crippen MR) is 36.8 cm³/mol. The molecule has 0 amide bonds. The summed E-state index contributed by atoms with van der Waals surface area (Å²) in [5, 5.41) is 1.97. The van der Waals surface area contributed by atoms with Gasteiger partial charge in [-0.15, -0.1) is 0 Å². The highest BCUT2D eigenvalue weighted by atomic mass is 32.1. The summed E-state index contributed by atoms with van der Waals surface area (Å²) in [6, 6.07) is 1.99. The lowest BCUT2D eigenvalue weighted by atomic mass is 10.4. The third-order valence-electron chi connectivity index (χ3n) is 0.795. The van der Waals surface area contributed by atoms with E-state index in [0.29, 0.717) is 0 Å². The van der Waals surface area contributed by atoms with Crippen molar-refractivity contribution in [3.8, 4) is 0 Å². The predicted octanol–water partition coefficient (Wildman–Crippen LogP) is 2.18. The third-order valence-corrected chi connectivity index (χ3v) is 1.37. The maximum atomic E-state index is 4.06. The van der Waals surface area contributed by atoms with Crippen LogP contribution in [0.2, 0.25) is 0 Å². The fourth-order valence-electron chi connectivity index (χ4n) is 0.479. The lowest BCUT2D eigenvalue weighted by Gasteiger charge is -1.73. The molecule has 0 fully saturated rings. The van der Waals surface area contributed by atoms with E-state index in [9.17, 15) is 0 Å². The molecule has 0 atom stereocenters. The molecule has 0 bridgehead atoms. The van der Waals surface area contributed by atoms with Crippen LogP contribution in [0, 0.1) is 0 Å². The van der Waals surface area contributed by atoms with Gasteiger partial charge in [-0.05, 0) is 30.6 Å². The monoisotopic (exact) mass is 125 g/mol. The lowest BCUT2D eigenvalue weighted by molar-refractivity contribution is 1.51. The lowest BCUT2D eigenvalue weighted by Crippen LogP contribution is -1.61. The summed E-state index contributed by atoms with van der Waals surface area (Å²) in [4.78, 5) is 0. The minimum Gasteiger partial charge on any atom is -0.193 e. The number of nitrogens with zero attached hydrogens (tertiary/aromatic N) is 1. The summed E-state index contributed by atoms with van der Waals surface area (Å²) in [5.41, 5.74) is 1.05. The van der Waals surface area contributed by atoms with E-state index >= 15 is 0 Å². The molecule has 0 saturated carbocycles. The van der Waals surface area contributed by atoms with Crippen LogP contribution >= 0.6 is 11.5 Å². The zero-order chi connectivity index (χ0) is 5.82. The Balaban J connectivity index is 2.77. The number of allylic oxidation sites excluding steroid dienone is 1. The molecule has 1 rings (SSSR count). The molecule has 1 aromatic heterocycles. The van der Waals surface area contributed by atoms with Gasteiger partial charge in [-0.25, -0.2) is 0 Å². The van der Waals surface area contributed by atoms with Gasteiger partial charge in [0.15, 0.2) is 0 Å². The van der Waals surface area contributed by atoms with E-state index in [0.717, 1.165) is 5.69 Å². The van der Waals surface area contributed by atoms with Gasteiger partial charge in [0.1, 0.15) is 0 Å². The van der Waals surface area contributed by atoms with Crippen LogP contribution in [0.25, 0.3) is 6.08 Å². The van der Waals surface area contributed by atoms with Crippen molar-refractivity contribution in [1.29, 1.82) is 0 Å².